The highest BCUT2D eigenvalue weighted by Gasteiger charge is 2.25. The molecule has 0 amide bonds. The predicted octanol–water partition coefficient (Wildman–Crippen LogP) is 0.590. The Morgan fingerprint density at radius 3 is 2.55 bits per heavy atom. The fourth-order valence-corrected chi connectivity index (χ4v) is 1.35. The van der Waals surface area contributed by atoms with E-state index in [0.717, 1.165) is 13.1 Å². The molecular weight excluding hydrogens is 143 g/mol. The molecule has 0 N–H and O–H groups in total. The molecule has 2 unspecified atom stereocenters. The third-order valence-corrected chi connectivity index (χ3v) is 2.54. The third-order valence-electron chi connectivity index (χ3n) is 2.54. The van der Waals surface area contributed by atoms with Gasteiger partial charge in [0, 0.05) is 25.7 Å². The lowest BCUT2D eigenvalue weighted by Gasteiger charge is -2.23. The van der Waals surface area contributed by atoms with Crippen molar-refractivity contribution in [1.82, 2.24) is 9.80 Å². The van der Waals surface area contributed by atoms with Crippen molar-refractivity contribution in [2.24, 2.45) is 0 Å². The van der Waals surface area contributed by atoms with Gasteiger partial charge in [-0.1, -0.05) is 0 Å². The van der Waals surface area contributed by atoms with Crippen molar-refractivity contribution < 1.29 is 4.39 Å². The number of likely N-dealkylation sites (N-methyl/N-ethyl adjacent to an activating group) is 2. The molecule has 0 aromatic rings. The van der Waals surface area contributed by atoms with Crippen LogP contribution in [-0.4, -0.2) is 55.7 Å². The zero-order valence-corrected chi connectivity index (χ0v) is 7.55. The summed E-state index contributed by atoms with van der Waals surface area (Å²) in [7, 11) is 3.95. The monoisotopic (exact) mass is 160 g/mol. The van der Waals surface area contributed by atoms with E-state index in [1.54, 1.807) is 0 Å². The number of hydrogen-bond donors (Lipinski definition) is 0. The smallest absolute Gasteiger partial charge is 0.128 e. The van der Waals surface area contributed by atoms with Crippen molar-refractivity contribution in [2.45, 2.75) is 19.1 Å². The van der Waals surface area contributed by atoms with Crippen LogP contribution in [0.2, 0.25) is 0 Å². The van der Waals surface area contributed by atoms with Crippen molar-refractivity contribution in [3.05, 3.63) is 0 Å². The van der Waals surface area contributed by atoms with Gasteiger partial charge in [0.05, 0.1) is 0 Å². The maximum absolute atomic E-state index is 13.3. The maximum Gasteiger partial charge on any atom is 0.128 e. The first-order chi connectivity index (χ1) is 5.11. The minimum atomic E-state index is -0.701. The Bertz CT molecular complexity index is 129. The van der Waals surface area contributed by atoms with Gasteiger partial charge in [0.25, 0.3) is 0 Å². The number of hydrogen-bond acceptors (Lipinski definition) is 2. The average molecular weight is 160 g/mol. The Morgan fingerprint density at radius 2 is 1.91 bits per heavy atom. The highest BCUT2D eigenvalue weighted by molar-refractivity contribution is 4.79. The summed E-state index contributed by atoms with van der Waals surface area (Å²) >= 11 is 0. The maximum atomic E-state index is 13.3. The van der Waals surface area contributed by atoms with Gasteiger partial charge in [0.1, 0.15) is 6.17 Å². The van der Waals surface area contributed by atoms with Crippen molar-refractivity contribution in [3.8, 4) is 0 Å². The minimum Gasteiger partial charge on any atom is -0.302 e. The van der Waals surface area contributed by atoms with E-state index in [2.05, 4.69) is 4.90 Å². The molecule has 1 saturated heterocycles. The first kappa shape index (κ1) is 8.94. The summed E-state index contributed by atoms with van der Waals surface area (Å²) in [6.45, 7) is 4.47. The van der Waals surface area contributed by atoms with Crippen LogP contribution in [0.1, 0.15) is 6.92 Å². The summed E-state index contributed by atoms with van der Waals surface area (Å²) in [5.41, 5.74) is 0. The normalized spacial score (nSPS) is 37.1. The van der Waals surface area contributed by atoms with Crippen molar-refractivity contribution in [3.63, 3.8) is 0 Å². The Kier molecular flexibility index (Phi) is 2.84. The highest BCUT2D eigenvalue weighted by Crippen LogP contribution is 2.10. The van der Waals surface area contributed by atoms with E-state index >= 15 is 0 Å². The lowest BCUT2D eigenvalue weighted by Crippen LogP contribution is -2.37. The zero-order valence-electron chi connectivity index (χ0n) is 7.55. The number of rotatable bonds is 0. The van der Waals surface area contributed by atoms with Gasteiger partial charge in [-0.15, -0.1) is 0 Å². The van der Waals surface area contributed by atoms with Gasteiger partial charge >= 0.3 is 0 Å². The van der Waals surface area contributed by atoms with Crippen LogP contribution < -0.4 is 0 Å². The molecule has 1 rings (SSSR count). The molecule has 0 aliphatic carbocycles. The molecule has 2 atom stereocenters. The van der Waals surface area contributed by atoms with Crippen LogP contribution in [0.5, 0.6) is 0 Å². The lowest BCUT2D eigenvalue weighted by molar-refractivity contribution is 0.162. The van der Waals surface area contributed by atoms with Gasteiger partial charge in [-0.2, -0.15) is 0 Å². The Labute approximate surface area is 68.0 Å². The largest absolute Gasteiger partial charge is 0.302 e. The van der Waals surface area contributed by atoms with Crippen molar-refractivity contribution in [2.75, 3.05) is 33.7 Å². The lowest BCUT2D eigenvalue weighted by atomic mass is 10.2. The first-order valence-corrected chi connectivity index (χ1v) is 4.14. The average Bonchev–Trinajstić information content (AvgIpc) is 2.05. The molecular formula is C8H17FN2. The van der Waals surface area contributed by atoms with Crippen molar-refractivity contribution in [1.29, 1.82) is 0 Å². The van der Waals surface area contributed by atoms with Crippen LogP contribution in [0, 0.1) is 0 Å². The molecule has 0 saturated carbocycles. The molecule has 0 bridgehead atoms. The SMILES string of the molecule is CC1C(F)CN(C)CCN1C. The second-order valence-corrected chi connectivity index (χ2v) is 3.50. The quantitative estimate of drug-likeness (QED) is 0.512. The molecule has 11 heavy (non-hydrogen) atoms. The van der Waals surface area contributed by atoms with Crippen molar-refractivity contribution >= 4 is 0 Å². The van der Waals surface area contributed by atoms with Crippen LogP contribution in [0.25, 0.3) is 0 Å². The van der Waals surface area contributed by atoms with Crippen LogP contribution in [0.15, 0.2) is 0 Å². The summed E-state index contributed by atoms with van der Waals surface area (Å²) in [5, 5.41) is 0. The summed E-state index contributed by atoms with van der Waals surface area (Å²) in [5.74, 6) is 0. The van der Waals surface area contributed by atoms with E-state index in [1.807, 2.05) is 25.9 Å². The van der Waals surface area contributed by atoms with E-state index in [4.69, 9.17) is 0 Å². The topological polar surface area (TPSA) is 6.48 Å². The summed E-state index contributed by atoms with van der Waals surface area (Å²) < 4.78 is 13.3. The Hall–Kier alpha value is -0.150. The van der Waals surface area contributed by atoms with E-state index in [0.29, 0.717) is 6.54 Å². The van der Waals surface area contributed by atoms with E-state index in [-0.39, 0.29) is 6.04 Å². The van der Waals surface area contributed by atoms with E-state index < -0.39 is 6.17 Å². The highest BCUT2D eigenvalue weighted by atomic mass is 19.1. The summed E-state index contributed by atoms with van der Waals surface area (Å²) in [6.07, 6.45) is -0.701. The first-order valence-electron chi connectivity index (χ1n) is 4.14. The summed E-state index contributed by atoms with van der Waals surface area (Å²) in [4.78, 5) is 4.12. The minimum absolute atomic E-state index is 0.0694. The number of alkyl halides is 1. The number of nitrogens with zero attached hydrogens (tertiary/aromatic N) is 2. The van der Waals surface area contributed by atoms with E-state index in [9.17, 15) is 4.39 Å². The predicted molar refractivity (Wildman–Crippen MR) is 44.5 cm³/mol. The molecule has 1 aliphatic heterocycles. The van der Waals surface area contributed by atoms with Crippen LogP contribution >= 0.6 is 0 Å². The molecule has 66 valence electrons. The molecule has 1 heterocycles. The van der Waals surface area contributed by atoms with Gasteiger partial charge < -0.3 is 4.90 Å². The van der Waals surface area contributed by atoms with Crippen LogP contribution in [0.4, 0.5) is 4.39 Å². The molecule has 0 aromatic carbocycles. The molecule has 2 nitrogen and oxygen atoms in total. The van der Waals surface area contributed by atoms with Gasteiger partial charge in [-0.25, -0.2) is 4.39 Å². The fourth-order valence-electron chi connectivity index (χ4n) is 1.35. The molecule has 0 radical (unpaired) electrons. The van der Waals surface area contributed by atoms with Crippen LogP contribution in [0.3, 0.4) is 0 Å². The van der Waals surface area contributed by atoms with Gasteiger partial charge in [-0.3, -0.25) is 4.90 Å². The van der Waals surface area contributed by atoms with Crippen LogP contribution in [-0.2, 0) is 0 Å². The van der Waals surface area contributed by atoms with Gasteiger partial charge in [0.2, 0.25) is 0 Å². The zero-order chi connectivity index (χ0) is 8.43. The summed E-state index contributed by atoms with van der Waals surface area (Å²) in [6, 6.07) is 0.0694. The van der Waals surface area contributed by atoms with Gasteiger partial charge in [0.15, 0.2) is 0 Å². The Morgan fingerprint density at radius 1 is 1.27 bits per heavy atom. The second kappa shape index (κ2) is 3.50. The molecule has 0 aromatic heterocycles. The second-order valence-electron chi connectivity index (χ2n) is 3.50. The molecule has 0 spiro atoms. The molecule has 3 heteroatoms. The van der Waals surface area contributed by atoms with E-state index in [1.165, 1.54) is 0 Å². The molecule has 1 fully saturated rings. The molecule has 1 aliphatic rings. The third kappa shape index (κ3) is 2.14. The fraction of sp³-hybridized carbons (Fsp3) is 1.00. The number of halogens is 1. The standard InChI is InChI=1S/C8H17FN2/c1-7-8(9)6-10(2)4-5-11(7)3/h7-8H,4-6H2,1-3H3. The van der Waals surface area contributed by atoms with Gasteiger partial charge in [-0.05, 0) is 21.0 Å². The Balaban J connectivity index is 2.53.